The molecule has 1 heterocycles. The summed E-state index contributed by atoms with van der Waals surface area (Å²) in [5, 5.41) is 8.66. The molecule has 3 rings (SSSR count). The van der Waals surface area contributed by atoms with Crippen molar-refractivity contribution in [3.8, 4) is 5.75 Å². The van der Waals surface area contributed by atoms with Crippen LogP contribution in [-0.4, -0.2) is 34.7 Å². The summed E-state index contributed by atoms with van der Waals surface area (Å²) in [4.78, 5) is 38.6. The number of rotatable bonds is 8. The molecule has 6 nitrogen and oxygen atoms in total. The smallest absolute Gasteiger partial charge is 0.336 e. The lowest BCUT2D eigenvalue weighted by atomic mass is 10.2. The third kappa shape index (κ3) is 4.20. The van der Waals surface area contributed by atoms with Crippen LogP contribution in [0.3, 0.4) is 0 Å². The predicted octanol–water partition coefficient (Wildman–Crippen LogP) is 3.99. The van der Waals surface area contributed by atoms with Gasteiger partial charge in [-0.2, -0.15) is 0 Å². The quantitative estimate of drug-likeness (QED) is 0.534. The minimum absolute atomic E-state index is 0.0146. The fourth-order valence-corrected chi connectivity index (χ4v) is 4.12. The number of amides is 2. The average molecular weight is 399 g/mol. The minimum atomic E-state index is -1.06. The first-order valence-electron chi connectivity index (χ1n) is 9.10. The van der Waals surface area contributed by atoms with E-state index in [4.69, 9.17) is 4.74 Å². The van der Waals surface area contributed by atoms with Crippen LogP contribution >= 0.6 is 11.8 Å². The Bertz CT molecular complexity index is 898. The van der Waals surface area contributed by atoms with Crippen molar-refractivity contribution in [2.24, 2.45) is 0 Å². The molecule has 0 bridgehead atoms. The van der Waals surface area contributed by atoms with Crippen LogP contribution in [0.15, 0.2) is 53.4 Å². The van der Waals surface area contributed by atoms with Crippen molar-refractivity contribution >= 4 is 35.2 Å². The molecular weight excluding hydrogens is 378 g/mol. The van der Waals surface area contributed by atoms with Crippen LogP contribution in [0.2, 0.25) is 0 Å². The topological polar surface area (TPSA) is 83.9 Å². The summed E-state index contributed by atoms with van der Waals surface area (Å²) in [6.45, 7) is 2.56. The minimum Gasteiger partial charge on any atom is -0.491 e. The van der Waals surface area contributed by atoms with Gasteiger partial charge in [-0.1, -0.05) is 37.6 Å². The maximum absolute atomic E-state index is 13.0. The van der Waals surface area contributed by atoms with Crippen LogP contribution in [0.5, 0.6) is 5.75 Å². The van der Waals surface area contributed by atoms with Crippen LogP contribution < -0.4 is 9.64 Å². The molecule has 0 spiro atoms. The van der Waals surface area contributed by atoms with Crippen LogP contribution in [0.4, 0.5) is 5.69 Å². The van der Waals surface area contributed by atoms with E-state index < -0.39 is 11.2 Å². The molecule has 2 amide bonds. The number of para-hydroxylation sites is 2. The molecule has 1 unspecified atom stereocenters. The third-order valence-electron chi connectivity index (χ3n) is 4.35. The Morgan fingerprint density at radius 3 is 2.64 bits per heavy atom. The van der Waals surface area contributed by atoms with E-state index in [1.807, 2.05) is 0 Å². The Morgan fingerprint density at radius 2 is 1.89 bits per heavy atom. The zero-order chi connectivity index (χ0) is 20.1. The first-order chi connectivity index (χ1) is 13.5. The molecular formula is C21H21NO5S. The molecule has 0 saturated carbocycles. The average Bonchev–Trinajstić information content (AvgIpc) is 2.96. The fraction of sp³-hybridized carbons (Fsp3) is 0.286. The second-order valence-electron chi connectivity index (χ2n) is 6.35. The summed E-state index contributed by atoms with van der Waals surface area (Å²) in [5.74, 6) is -1.25. The van der Waals surface area contributed by atoms with Crippen LogP contribution in [0, 0.1) is 0 Å². The second kappa shape index (κ2) is 8.93. The summed E-state index contributed by atoms with van der Waals surface area (Å²) in [5.41, 5.74) is 0.553. The SMILES string of the molecule is CCCCOc1ccccc1N1C(=O)CC(Sc2ccccc2C(=O)O)C1=O. The van der Waals surface area contributed by atoms with Gasteiger partial charge in [-0.15, -0.1) is 11.8 Å². The van der Waals surface area contributed by atoms with Gasteiger partial charge < -0.3 is 9.84 Å². The van der Waals surface area contributed by atoms with Crippen molar-refractivity contribution in [2.75, 3.05) is 11.5 Å². The van der Waals surface area contributed by atoms with E-state index in [0.717, 1.165) is 29.5 Å². The molecule has 1 aliphatic rings. The van der Waals surface area contributed by atoms with Crippen molar-refractivity contribution < 1.29 is 24.2 Å². The highest BCUT2D eigenvalue weighted by molar-refractivity contribution is 8.00. The van der Waals surface area contributed by atoms with Gasteiger partial charge in [0.25, 0.3) is 0 Å². The highest BCUT2D eigenvalue weighted by atomic mass is 32.2. The molecule has 146 valence electrons. The molecule has 1 N–H and O–H groups in total. The predicted molar refractivity (Wildman–Crippen MR) is 107 cm³/mol. The van der Waals surface area contributed by atoms with Gasteiger partial charge in [0.15, 0.2) is 0 Å². The maximum Gasteiger partial charge on any atom is 0.336 e. The van der Waals surface area contributed by atoms with Gasteiger partial charge in [0.2, 0.25) is 11.8 Å². The number of carbonyl (C=O) groups is 3. The first kappa shape index (κ1) is 19.9. The Balaban J connectivity index is 1.83. The number of ether oxygens (including phenoxy) is 1. The molecule has 0 aromatic heterocycles. The molecule has 2 aromatic carbocycles. The second-order valence-corrected chi connectivity index (χ2v) is 7.59. The first-order valence-corrected chi connectivity index (χ1v) is 9.98. The molecule has 1 fully saturated rings. The van der Waals surface area contributed by atoms with Gasteiger partial charge in [-0.05, 0) is 30.7 Å². The van der Waals surface area contributed by atoms with E-state index in [0.29, 0.717) is 22.9 Å². The number of nitrogens with zero attached hydrogens (tertiary/aromatic N) is 1. The van der Waals surface area contributed by atoms with Crippen molar-refractivity contribution in [2.45, 2.75) is 36.3 Å². The normalized spacial score (nSPS) is 16.5. The Kier molecular flexibility index (Phi) is 6.36. The summed E-state index contributed by atoms with van der Waals surface area (Å²) in [6.07, 6.45) is 1.87. The number of hydrogen-bond acceptors (Lipinski definition) is 5. The molecule has 1 saturated heterocycles. The van der Waals surface area contributed by atoms with E-state index in [1.54, 1.807) is 42.5 Å². The zero-order valence-corrected chi connectivity index (χ0v) is 16.3. The van der Waals surface area contributed by atoms with Crippen LogP contribution in [0.25, 0.3) is 0 Å². The number of carboxylic acid groups (broad SMARTS) is 1. The number of carboxylic acids is 1. The molecule has 28 heavy (non-hydrogen) atoms. The van der Waals surface area contributed by atoms with Gasteiger partial charge >= 0.3 is 5.97 Å². The number of carbonyl (C=O) groups excluding carboxylic acids is 2. The Hall–Kier alpha value is -2.80. The van der Waals surface area contributed by atoms with E-state index >= 15 is 0 Å². The largest absolute Gasteiger partial charge is 0.491 e. The van der Waals surface area contributed by atoms with E-state index in [1.165, 1.54) is 6.07 Å². The van der Waals surface area contributed by atoms with Gasteiger partial charge in [0.05, 0.1) is 23.1 Å². The number of hydrogen-bond donors (Lipinski definition) is 1. The van der Waals surface area contributed by atoms with Gasteiger partial charge in [0.1, 0.15) is 5.75 Å². The molecule has 7 heteroatoms. The van der Waals surface area contributed by atoms with Gasteiger partial charge in [-0.25, -0.2) is 9.69 Å². The number of benzene rings is 2. The summed E-state index contributed by atoms with van der Waals surface area (Å²) in [7, 11) is 0. The Labute approximate surface area is 167 Å². The monoisotopic (exact) mass is 399 g/mol. The van der Waals surface area contributed by atoms with E-state index in [9.17, 15) is 19.5 Å². The van der Waals surface area contributed by atoms with E-state index in [2.05, 4.69) is 6.92 Å². The maximum atomic E-state index is 13.0. The standard InChI is InChI=1S/C21H21NO5S/c1-2-3-12-27-16-10-6-5-9-15(16)22-19(23)13-18(20(22)24)28-17-11-7-4-8-14(17)21(25)26/h4-11,18H,2-3,12-13H2,1H3,(H,25,26). The molecule has 1 aliphatic heterocycles. The van der Waals surface area contributed by atoms with Crippen molar-refractivity contribution in [3.05, 3.63) is 54.1 Å². The lowest BCUT2D eigenvalue weighted by molar-refractivity contribution is -0.121. The lowest BCUT2D eigenvalue weighted by Crippen LogP contribution is -2.31. The number of thioether (sulfide) groups is 1. The molecule has 0 aliphatic carbocycles. The summed E-state index contributed by atoms with van der Waals surface area (Å²) < 4.78 is 5.76. The summed E-state index contributed by atoms with van der Waals surface area (Å²) >= 11 is 1.11. The fourth-order valence-electron chi connectivity index (χ4n) is 2.94. The van der Waals surface area contributed by atoms with Gasteiger partial charge in [0, 0.05) is 11.3 Å². The van der Waals surface area contributed by atoms with Crippen LogP contribution in [-0.2, 0) is 9.59 Å². The van der Waals surface area contributed by atoms with Crippen molar-refractivity contribution in [1.29, 1.82) is 0 Å². The highest BCUT2D eigenvalue weighted by Crippen LogP contribution is 2.38. The Morgan fingerprint density at radius 1 is 1.18 bits per heavy atom. The van der Waals surface area contributed by atoms with Crippen LogP contribution in [0.1, 0.15) is 36.5 Å². The van der Waals surface area contributed by atoms with Gasteiger partial charge in [-0.3, -0.25) is 9.59 Å². The molecule has 2 aromatic rings. The van der Waals surface area contributed by atoms with Crippen molar-refractivity contribution in [3.63, 3.8) is 0 Å². The lowest BCUT2D eigenvalue weighted by Gasteiger charge is -2.19. The molecule has 1 atom stereocenters. The number of aromatic carboxylic acids is 1. The number of imide groups is 1. The third-order valence-corrected chi connectivity index (χ3v) is 5.62. The van der Waals surface area contributed by atoms with Crippen molar-refractivity contribution in [1.82, 2.24) is 0 Å². The highest BCUT2D eigenvalue weighted by Gasteiger charge is 2.41. The number of unbranched alkanes of at least 4 members (excludes halogenated alkanes) is 1. The zero-order valence-electron chi connectivity index (χ0n) is 15.5. The number of anilines is 1. The summed E-state index contributed by atoms with van der Waals surface area (Å²) in [6, 6.07) is 13.5. The molecule has 0 radical (unpaired) electrons. The van der Waals surface area contributed by atoms with E-state index in [-0.39, 0.29) is 23.8 Å².